The number of hydrogen-bond donors (Lipinski definition) is 1. The van der Waals surface area contributed by atoms with Crippen LogP contribution in [0.1, 0.15) is 41.5 Å². The van der Waals surface area contributed by atoms with E-state index in [1.165, 1.54) is 0 Å². The van der Waals surface area contributed by atoms with Gasteiger partial charge in [-0.1, -0.05) is 67.4 Å². The van der Waals surface area contributed by atoms with Crippen molar-refractivity contribution in [2.75, 3.05) is 6.54 Å². The van der Waals surface area contributed by atoms with Crippen LogP contribution in [0.25, 0.3) is 11.3 Å². The molecule has 27 heavy (non-hydrogen) atoms. The number of rotatable bonds is 4. The third kappa shape index (κ3) is 3.13. The molecule has 4 rings (SSSR count). The van der Waals surface area contributed by atoms with Crippen LogP contribution in [0.15, 0.2) is 48.5 Å². The number of fused-ring (bicyclic) bond motifs is 1. The first-order chi connectivity index (χ1) is 13.0. The summed E-state index contributed by atoms with van der Waals surface area (Å²) in [6, 6.07) is 14.9. The molecule has 2 heterocycles. The predicted octanol–water partition coefficient (Wildman–Crippen LogP) is 5.58. The number of carbonyl (C=O) groups excluding carboxylic acids is 1. The Morgan fingerprint density at radius 1 is 1.11 bits per heavy atom. The number of amides is 1. The van der Waals surface area contributed by atoms with Crippen LogP contribution in [-0.2, 0) is 0 Å². The van der Waals surface area contributed by atoms with Gasteiger partial charge in [-0.3, -0.25) is 9.89 Å². The van der Waals surface area contributed by atoms with Gasteiger partial charge >= 0.3 is 0 Å². The van der Waals surface area contributed by atoms with E-state index in [2.05, 4.69) is 24.0 Å². The number of hydrogen-bond acceptors (Lipinski definition) is 2. The Hall–Kier alpha value is -2.30. The monoisotopic (exact) mass is 399 g/mol. The molecule has 6 heteroatoms. The first kappa shape index (κ1) is 18.1. The molecule has 138 valence electrons. The van der Waals surface area contributed by atoms with Gasteiger partial charge in [0.15, 0.2) is 0 Å². The van der Waals surface area contributed by atoms with Gasteiger partial charge in [0.25, 0.3) is 5.91 Å². The normalized spacial score (nSPS) is 16.3. The Balaban J connectivity index is 1.90. The minimum Gasteiger partial charge on any atom is -0.326 e. The molecule has 1 aromatic heterocycles. The molecule has 4 nitrogen and oxygen atoms in total. The Kier molecular flexibility index (Phi) is 4.70. The van der Waals surface area contributed by atoms with Gasteiger partial charge in [0.05, 0.1) is 11.7 Å². The summed E-state index contributed by atoms with van der Waals surface area (Å²) in [6.45, 7) is 4.83. The Bertz CT molecular complexity index is 995. The average molecular weight is 400 g/mol. The summed E-state index contributed by atoms with van der Waals surface area (Å²) in [7, 11) is 0. The molecule has 0 aliphatic carbocycles. The number of carbonyl (C=O) groups is 1. The van der Waals surface area contributed by atoms with E-state index in [1.54, 1.807) is 0 Å². The molecule has 1 unspecified atom stereocenters. The van der Waals surface area contributed by atoms with E-state index in [4.69, 9.17) is 23.2 Å². The maximum absolute atomic E-state index is 13.1. The van der Waals surface area contributed by atoms with Crippen LogP contribution in [0, 0.1) is 5.92 Å². The zero-order valence-electron chi connectivity index (χ0n) is 15.0. The lowest BCUT2D eigenvalue weighted by Gasteiger charge is -2.28. The first-order valence-corrected chi connectivity index (χ1v) is 9.62. The van der Waals surface area contributed by atoms with E-state index in [0.29, 0.717) is 28.2 Å². The van der Waals surface area contributed by atoms with Crippen LogP contribution >= 0.6 is 23.2 Å². The number of benzene rings is 2. The molecule has 1 N–H and O–H groups in total. The second kappa shape index (κ2) is 7.02. The van der Waals surface area contributed by atoms with Gasteiger partial charge in [0.1, 0.15) is 5.69 Å². The molecule has 3 aromatic rings. The summed E-state index contributed by atoms with van der Waals surface area (Å²) in [5.74, 6) is 0.284. The Morgan fingerprint density at radius 3 is 2.48 bits per heavy atom. The SMILES string of the molecule is CC(C)CN1C(=O)c2[nH]nc(-c3ccc(Cl)cc3)c2C1c1ccccc1Cl. The minimum atomic E-state index is -0.270. The van der Waals surface area contributed by atoms with Crippen LogP contribution < -0.4 is 0 Å². The molecule has 1 amide bonds. The molecule has 2 aromatic carbocycles. The van der Waals surface area contributed by atoms with E-state index in [0.717, 1.165) is 22.4 Å². The summed E-state index contributed by atoms with van der Waals surface area (Å²) in [4.78, 5) is 15.0. The van der Waals surface area contributed by atoms with Crippen LogP contribution in [-0.4, -0.2) is 27.5 Å². The summed E-state index contributed by atoms with van der Waals surface area (Å²) in [6.07, 6.45) is 0. The highest BCUT2D eigenvalue weighted by Crippen LogP contribution is 2.44. The number of H-pyrrole nitrogens is 1. The van der Waals surface area contributed by atoms with Gasteiger partial charge in [0.2, 0.25) is 0 Å². The fraction of sp³-hybridized carbons (Fsp3) is 0.238. The fourth-order valence-corrected chi connectivity index (χ4v) is 3.99. The van der Waals surface area contributed by atoms with E-state index >= 15 is 0 Å². The molecule has 0 radical (unpaired) electrons. The van der Waals surface area contributed by atoms with Crippen molar-refractivity contribution < 1.29 is 4.79 Å². The van der Waals surface area contributed by atoms with E-state index in [1.807, 2.05) is 53.4 Å². The topological polar surface area (TPSA) is 49.0 Å². The summed E-state index contributed by atoms with van der Waals surface area (Å²) >= 11 is 12.6. The molecule has 0 saturated heterocycles. The summed E-state index contributed by atoms with van der Waals surface area (Å²) in [5, 5.41) is 8.70. The third-order valence-corrected chi connectivity index (χ3v) is 5.34. The maximum Gasteiger partial charge on any atom is 0.273 e. The van der Waals surface area contributed by atoms with E-state index in [-0.39, 0.29) is 11.9 Å². The minimum absolute atomic E-state index is 0.0451. The highest BCUT2D eigenvalue weighted by Gasteiger charge is 2.42. The largest absolute Gasteiger partial charge is 0.326 e. The lowest BCUT2D eigenvalue weighted by Crippen LogP contribution is -2.33. The van der Waals surface area contributed by atoms with Crippen molar-refractivity contribution in [3.8, 4) is 11.3 Å². The number of aromatic amines is 1. The van der Waals surface area contributed by atoms with Gasteiger partial charge in [0, 0.05) is 27.7 Å². The van der Waals surface area contributed by atoms with Crippen molar-refractivity contribution in [3.63, 3.8) is 0 Å². The quantitative estimate of drug-likeness (QED) is 0.621. The van der Waals surface area contributed by atoms with Crippen LogP contribution in [0.2, 0.25) is 10.0 Å². The van der Waals surface area contributed by atoms with Gasteiger partial charge < -0.3 is 4.90 Å². The van der Waals surface area contributed by atoms with E-state index < -0.39 is 0 Å². The van der Waals surface area contributed by atoms with Gasteiger partial charge in [-0.15, -0.1) is 0 Å². The van der Waals surface area contributed by atoms with Gasteiger partial charge in [-0.2, -0.15) is 5.10 Å². The molecule has 0 bridgehead atoms. The number of nitrogens with one attached hydrogen (secondary N) is 1. The Morgan fingerprint density at radius 2 is 1.81 bits per heavy atom. The molecule has 0 saturated carbocycles. The van der Waals surface area contributed by atoms with Crippen LogP contribution in [0.4, 0.5) is 0 Å². The van der Waals surface area contributed by atoms with Crippen molar-refractivity contribution in [3.05, 3.63) is 75.4 Å². The second-order valence-electron chi connectivity index (χ2n) is 7.14. The van der Waals surface area contributed by atoms with Crippen LogP contribution in [0.3, 0.4) is 0 Å². The second-order valence-corrected chi connectivity index (χ2v) is 7.99. The van der Waals surface area contributed by atoms with Gasteiger partial charge in [-0.25, -0.2) is 0 Å². The van der Waals surface area contributed by atoms with Crippen molar-refractivity contribution in [1.82, 2.24) is 15.1 Å². The van der Waals surface area contributed by atoms with Crippen molar-refractivity contribution >= 4 is 29.1 Å². The zero-order valence-corrected chi connectivity index (χ0v) is 16.6. The first-order valence-electron chi connectivity index (χ1n) is 8.87. The molecule has 1 aliphatic heterocycles. The molecule has 1 atom stereocenters. The average Bonchev–Trinajstić information content (AvgIpc) is 3.17. The lowest BCUT2D eigenvalue weighted by molar-refractivity contribution is 0.0722. The number of aromatic nitrogens is 2. The number of nitrogens with zero attached hydrogens (tertiary/aromatic N) is 2. The fourth-order valence-electron chi connectivity index (χ4n) is 3.63. The summed E-state index contributed by atoms with van der Waals surface area (Å²) in [5.41, 5.74) is 3.98. The number of halogens is 2. The maximum atomic E-state index is 13.1. The zero-order chi connectivity index (χ0) is 19.1. The molecule has 0 spiro atoms. The lowest BCUT2D eigenvalue weighted by atomic mass is 9.95. The molecule has 1 aliphatic rings. The van der Waals surface area contributed by atoms with Crippen molar-refractivity contribution in [2.24, 2.45) is 5.92 Å². The molecule has 0 fully saturated rings. The molecular formula is C21H19Cl2N3O. The highest BCUT2D eigenvalue weighted by molar-refractivity contribution is 6.31. The third-order valence-electron chi connectivity index (χ3n) is 4.74. The van der Waals surface area contributed by atoms with Crippen molar-refractivity contribution in [2.45, 2.75) is 19.9 Å². The summed E-state index contributed by atoms with van der Waals surface area (Å²) < 4.78 is 0. The van der Waals surface area contributed by atoms with Crippen molar-refractivity contribution in [1.29, 1.82) is 0 Å². The van der Waals surface area contributed by atoms with Gasteiger partial charge in [-0.05, 0) is 29.7 Å². The Labute approximate surface area is 168 Å². The van der Waals surface area contributed by atoms with Crippen LogP contribution in [0.5, 0.6) is 0 Å². The molecular weight excluding hydrogens is 381 g/mol. The highest BCUT2D eigenvalue weighted by atomic mass is 35.5. The smallest absolute Gasteiger partial charge is 0.273 e. The van der Waals surface area contributed by atoms with E-state index in [9.17, 15) is 4.79 Å². The standard InChI is InChI=1S/C21H19Cl2N3O/c1-12(2)11-26-20(15-5-3-4-6-16(15)23)17-18(24-25-19(17)21(26)27)13-7-9-14(22)10-8-13/h3-10,12,20H,11H2,1-2H3,(H,24,25). The predicted molar refractivity (Wildman–Crippen MR) is 108 cm³/mol.